The van der Waals surface area contributed by atoms with Gasteiger partial charge in [0.1, 0.15) is 0 Å². The molecule has 0 aromatic carbocycles. The molecular formula is C17H29N3S. The fourth-order valence-corrected chi connectivity index (χ4v) is 4.88. The summed E-state index contributed by atoms with van der Waals surface area (Å²) in [5.74, 6) is 0. The minimum atomic E-state index is 0.701. The molecule has 4 heteroatoms. The highest BCUT2D eigenvalue weighted by Crippen LogP contribution is 2.39. The zero-order valence-corrected chi connectivity index (χ0v) is 14.3. The lowest BCUT2D eigenvalue weighted by Crippen LogP contribution is -2.46. The maximum absolute atomic E-state index is 3.45. The van der Waals surface area contributed by atoms with Gasteiger partial charge in [0.2, 0.25) is 0 Å². The molecule has 1 aromatic heterocycles. The molecule has 1 atom stereocenters. The second-order valence-electron chi connectivity index (χ2n) is 6.44. The molecule has 1 aromatic rings. The van der Waals surface area contributed by atoms with Crippen molar-refractivity contribution in [2.45, 2.75) is 38.6 Å². The van der Waals surface area contributed by atoms with E-state index in [0.717, 1.165) is 13.1 Å². The molecule has 3 nitrogen and oxygen atoms in total. The van der Waals surface area contributed by atoms with Gasteiger partial charge < -0.3 is 10.2 Å². The van der Waals surface area contributed by atoms with Crippen LogP contribution < -0.4 is 5.32 Å². The second-order valence-corrected chi connectivity index (χ2v) is 7.66. The van der Waals surface area contributed by atoms with Gasteiger partial charge in [-0.1, -0.05) is 6.92 Å². The predicted molar refractivity (Wildman–Crippen MR) is 91.3 cm³/mol. The van der Waals surface area contributed by atoms with Crippen LogP contribution in [0, 0.1) is 0 Å². The van der Waals surface area contributed by atoms with E-state index >= 15 is 0 Å². The minimum absolute atomic E-state index is 0.701. The number of likely N-dealkylation sites (N-methyl/N-ethyl adjacent to an activating group) is 2. The first-order valence-corrected chi connectivity index (χ1v) is 9.34. The maximum atomic E-state index is 3.45. The lowest BCUT2D eigenvalue weighted by atomic mass is 9.92. The van der Waals surface area contributed by atoms with Crippen molar-refractivity contribution >= 4 is 11.3 Å². The Kier molecular flexibility index (Phi) is 5.33. The number of nitrogens with one attached hydrogen (secondary N) is 1. The van der Waals surface area contributed by atoms with Gasteiger partial charge >= 0.3 is 0 Å². The van der Waals surface area contributed by atoms with Crippen LogP contribution in [0.4, 0.5) is 0 Å². The zero-order chi connectivity index (χ0) is 14.7. The number of aryl methyl sites for hydroxylation is 1. The van der Waals surface area contributed by atoms with Crippen molar-refractivity contribution in [3.8, 4) is 0 Å². The summed E-state index contributed by atoms with van der Waals surface area (Å²) in [6, 6.07) is 3.23. The van der Waals surface area contributed by atoms with Gasteiger partial charge in [0.25, 0.3) is 0 Å². The van der Waals surface area contributed by atoms with E-state index in [9.17, 15) is 0 Å². The number of fused-ring (bicyclic) bond motifs is 1. The lowest BCUT2D eigenvalue weighted by Gasteiger charge is -2.39. The summed E-state index contributed by atoms with van der Waals surface area (Å²) < 4.78 is 0. The van der Waals surface area contributed by atoms with Crippen molar-refractivity contribution in [1.82, 2.24) is 15.1 Å². The number of hydrogen-bond acceptors (Lipinski definition) is 4. The molecule has 0 radical (unpaired) electrons. The first kappa shape index (κ1) is 15.5. The maximum Gasteiger partial charge on any atom is 0.0360 e. The molecule has 1 fully saturated rings. The van der Waals surface area contributed by atoms with E-state index in [-0.39, 0.29) is 0 Å². The molecule has 3 rings (SSSR count). The molecule has 0 amide bonds. The van der Waals surface area contributed by atoms with Gasteiger partial charge in [0, 0.05) is 42.0 Å². The smallest absolute Gasteiger partial charge is 0.0360 e. The Morgan fingerprint density at radius 3 is 2.86 bits per heavy atom. The monoisotopic (exact) mass is 307 g/mol. The van der Waals surface area contributed by atoms with Crippen LogP contribution in [0.3, 0.4) is 0 Å². The average molecular weight is 308 g/mol. The third-order valence-electron chi connectivity index (χ3n) is 4.91. The summed E-state index contributed by atoms with van der Waals surface area (Å²) in [5, 5.41) is 3.45. The molecule has 1 aliphatic heterocycles. The van der Waals surface area contributed by atoms with Crippen LogP contribution in [0.1, 0.15) is 41.1 Å². The van der Waals surface area contributed by atoms with E-state index < -0.39 is 0 Å². The van der Waals surface area contributed by atoms with Crippen LogP contribution in [0.2, 0.25) is 0 Å². The third kappa shape index (κ3) is 3.67. The van der Waals surface area contributed by atoms with Crippen molar-refractivity contribution in [2.75, 3.05) is 46.3 Å². The number of piperazine rings is 1. The zero-order valence-electron chi connectivity index (χ0n) is 13.5. The summed E-state index contributed by atoms with van der Waals surface area (Å²) in [6.07, 6.45) is 5.24. The van der Waals surface area contributed by atoms with Crippen LogP contribution >= 0.6 is 11.3 Å². The largest absolute Gasteiger partial charge is 0.317 e. The van der Waals surface area contributed by atoms with Gasteiger partial charge in [-0.15, -0.1) is 11.3 Å². The van der Waals surface area contributed by atoms with Crippen LogP contribution in [-0.2, 0) is 12.8 Å². The molecule has 0 spiro atoms. The standard InChI is InChI=1S/C17H29N3S/c1-3-18-8-7-14-13-15-16(5-4-6-17(15)21-14)20-11-9-19(2)10-12-20/h13,16,18H,3-12H2,1-2H3. The topological polar surface area (TPSA) is 18.5 Å². The minimum Gasteiger partial charge on any atom is -0.317 e. The summed E-state index contributed by atoms with van der Waals surface area (Å²) in [7, 11) is 2.24. The summed E-state index contributed by atoms with van der Waals surface area (Å²) in [4.78, 5) is 8.45. The lowest BCUT2D eigenvalue weighted by molar-refractivity contribution is 0.103. The van der Waals surface area contributed by atoms with Crippen molar-refractivity contribution in [3.05, 3.63) is 21.4 Å². The van der Waals surface area contributed by atoms with E-state index in [1.165, 1.54) is 51.9 Å². The van der Waals surface area contributed by atoms with E-state index in [1.807, 2.05) is 0 Å². The Morgan fingerprint density at radius 2 is 2.10 bits per heavy atom. The Bertz CT molecular complexity index is 449. The van der Waals surface area contributed by atoms with E-state index in [4.69, 9.17) is 0 Å². The normalized spacial score (nSPS) is 24.2. The van der Waals surface area contributed by atoms with Crippen LogP contribution in [0.25, 0.3) is 0 Å². The number of nitrogens with zero attached hydrogens (tertiary/aromatic N) is 2. The SMILES string of the molecule is CCNCCc1cc2c(s1)CCCC2N1CCN(C)CC1. The molecular weight excluding hydrogens is 278 g/mol. The van der Waals surface area contributed by atoms with Gasteiger partial charge in [0.05, 0.1) is 0 Å². The molecule has 1 saturated heterocycles. The Labute approximate surface area is 133 Å². The fraction of sp³-hybridized carbons (Fsp3) is 0.765. The van der Waals surface area contributed by atoms with Crippen molar-refractivity contribution in [3.63, 3.8) is 0 Å². The van der Waals surface area contributed by atoms with Crippen LogP contribution in [0.15, 0.2) is 6.07 Å². The molecule has 2 aliphatic rings. The van der Waals surface area contributed by atoms with E-state index in [2.05, 4.69) is 46.5 Å². The third-order valence-corrected chi connectivity index (χ3v) is 6.18. The Balaban J connectivity index is 1.68. The molecule has 2 heterocycles. The number of thiophene rings is 1. The molecule has 21 heavy (non-hydrogen) atoms. The van der Waals surface area contributed by atoms with Crippen LogP contribution in [-0.4, -0.2) is 56.1 Å². The van der Waals surface area contributed by atoms with Gasteiger partial charge in [-0.2, -0.15) is 0 Å². The highest BCUT2D eigenvalue weighted by molar-refractivity contribution is 7.12. The summed E-state index contributed by atoms with van der Waals surface area (Å²) in [5.41, 5.74) is 1.67. The fourth-order valence-electron chi connectivity index (χ4n) is 3.61. The highest BCUT2D eigenvalue weighted by atomic mass is 32.1. The number of hydrogen-bond donors (Lipinski definition) is 1. The van der Waals surface area contributed by atoms with Gasteiger partial charge in [0.15, 0.2) is 0 Å². The molecule has 1 aliphatic carbocycles. The van der Waals surface area contributed by atoms with Crippen molar-refractivity contribution in [1.29, 1.82) is 0 Å². The Hall–Kier alpha value is -0.420. The average Bonchev–Trinajstić information content (AvgIpc) is 2.91. The number of rotatable bonds is 5. The second kappa shape index (κ2) is 7.23. The molecule has 1 N–H and O–H groups in total. The summed E-state index contributed by atoms with van der Waals surface area (Å²) >= 11 is 2.08. The van der Waals surface area contributed by atoms with Crippen LogP contribution in [0.5, 0.6) is 0 Å². The quantitative estimate of drug-likeness (QED) is 0.843. The van der Waals surface area contributed by atoms with Gasteiger partial charge in [-0.3, -0.25) is 4.90 Å². The molecule has 0 saturated carbocycles. The highest BCUT2D eigenvalue weighted by Gasteiger charge is 2.29. The first-order chi connectivity index (χ1) is 10.3. The Morgan fingerprint density at radius 1 is 1.29 bits per heavy atom. The van der Waals surface area contributed by atoms with Crippen molar-refractivity contribution in [2.24, 2.45) is 0 Å². The van der Waals surface area contributed by atoms with E-state index in [0.29, 0.717) is 6.04 Å². The molecule has 118 valence electrons. The van der Waals surface area contributed by atoms with E-state index in [1.54, 1.807) is 15.3 Å². The predicted octanol–water partition coefficient (Wildman–Crippen LogP) is 2.52. The first-order valence-electron chi connectivity index (χ1n) is 8.52. The van der Waals surface area contributed by atoms with Crippen molar-refractivity contribution < 1.29 is 0 Å². The molecule has 0 bridgehead atoms. The molecule has 1 unspecified atom stereocenters. The summed E-state index contributed by atoms with van der Waals surface area (Å²) in [6.45, 7) is 9.31. The van der Waals surface area contributed by atoms with Gasteiger partial charge in [-0.05, 0) is 57.5 Å². The van der Waals surface area contributed by atoms with Gasteiger partial charge in [-0.25, -0.2) is 0 Å².